The molecule has 0 aliphatic carbocycles. The van der Waals surface area contributed by atoms with Gasteiger partial charge in [-0.2, -0.15) is 0 Å². The van der Waals surface area contributed by atoms with Gasteiger partial charge in [0.1, 0.15) is 22.3 Å². The molecular formula is C12H14N4OS. The molecule has 0 bridgehead atoms. The van der Waals surface area contributed by atoms with E-state index in [4.69, 9.17) is 22.4 Å². The summed E-state index contributed by atoms with van der Waals surface area (Å²) >= 11 is 4.84. The highest BCUT2D eigenvalue weighted by Crippen LogP contribution is 2.13. The average Bonchev–Trinajstić information content (AvgIpc) is 2.89. The second-order valence-electron chi connectivity index (χ2n) is 3.72. The monoisotopic (exact) mass is 262 g/mol. The first-order chi connectivity index (χ1) is 8.70. The van der Waals surface area contributed by atoms with E-state index in [0.29, 0.717) is 12.2 Å². The lowest BCUT2D eigenvalue weighted by molar-refractivity contribution is 0.502. The number of nitrogens with zero attached hydrogens (tertiary/aromatic N) is 3. The molecule has 2 aromatic heterocycles. The molecule has 18 heavy (non-hydrogen) atoms. The zero-order valence-electron chi connectivity index (χ0n) is 10.0. The summed E-state index contributed by atoms with van der Waals surface area (Å²) in [5.74, 6) is 1.66. The van der Waals surface area contributed by atoms with Crippen LogP contribution < -0.4 is 10.6 Å². The summed E-state index contributed by atoms with van der Waals surface area (Å²) in [6.45, 7) is 3.51. The predicted octanol–water partition coefficient (Wildman–Crippen LogP) is 1.73. The van der Waals surface area contributed by atoms with Crippen molar-refractivity contribution in [3.63, 3.8) is 0 Å². The zero-order valence-corrected chi connectivity index (χ0v) is 10.9. The lowest BCUT2D eigenvalue weighted by Gasteiger charge is -2.20. The molecule has 0 saturated heterocycles. The van der Waals surface area contributed by atoms with Crippen LogP contribution in [0.4, 0.5) is 5.82 Å². The quantitative estimate of drug-likeness (QED) is 0.828. The van der Waals surface area contributed by atoms with Gasteiger partial charge in [0.05, 0.1) is 25.2 Å². The molecule has 0 amide bonds. The van der Waals surface area contributed by atoms with E-state index in [1.54, 1.807) is 18.7 Å². The van der Waals surface area contributed by atoms with Gasteiger partial charge in [-0.15, -0.1) is 0 Å². The van der Waals surface area contributed by atoms with Gasteiger partial charge >= 0.3 is 0 Å². The molecule has 0 radical (unpaired) electrons. The largest absolute Gasteiger partial charge is 0.467 e. The van der Waals surface area contributed by atoms with Crippen molar-refractivity contribution in [3.8, 4) is 0 Å². The summed E-state index contributed by atoms with van der Waals surface area (Å²) in [7, 11) is 0. The Labute approximate surface area is 111 Å². The number of hydrogen-bond acceptors (Lipinski definition) is 5. The summed E-state index contributed by atoms with van der Waals surface area (Å²) in [5.41, 5.74) is 6.01. The highest BCUT2D eigenvalue weighted by molar-refractivity contribution is 7.80. The molecule has 0 saturated carbocycles. The highest BCUT2D eigenvalue weighted by atomic mass is 32.1. The number of rotatable bonds is 5. The Bertz CT molecular complexity index is 509. The summed E-state index contributed by atoms with van der Waals surface area (Å²) in [6.07, 6.45) is 4.91. The Kier molecular flexibility index (Phi) is 3.88. The molecule has 0 aliphatic rings. The van der Waals surface area contributed by atoms with Crippen LogP contribution in [0.5, 0.6) is 0 Å². The van der Waals surface area contributed by atoms with Gasteiger partial charge in [0, 0.05) is 6.54 Å². The average molecular weight is 262 g/mol. The third-order valence-electron chi connectivity index (χ3n) is 2.52. The molecule has 2 N–H and O–H groups in total. The Morgan fingerprint density at radius 3 is 2.78 bits per heavy atom. The number of hydrogen-bond donors (Lipinski definition) is 1. The molecule has 6 heteroatoms. The third kappa shape index (κ3) is 2.84. The van der Waals surface area contributed by atoms with E-state index in [-0.39, 0.29) is 4.99 Å². The van der Waals surface area contributed by atoms with E-state index >= 15 is 0 Å². The number of thiocarbonyl (C=S) groups is 1. The van der Waals surface area contributed by atoms with Crippen LogP contribution in [0.1, 0.15) is 18.4 Å². The van der Waals surface area contributed by atoms with Crippen LogP contribution in [0, 0.1) is 0 Å². The van der Waals surface area contributed by atoms with Crippen molar-refractivity contribution >= 4 is 23.0 Å². The number of anilines is 1. The maximum Gasteiger partial charge on any atom is 0.147 e. The number of nitrogens with two attached hydrogens (primary N) is 1. The Morgan fingerprint density at radius 2 is 2.28 bits per heavy atom. The molecule has 0 aromatic carbocycles. The van der Waals surface area contributed by atoms with E-state index in [1.165, 1.54) is 0 Å². The first-order valence-electron chi connectivity index (χ1n) is 5.60. The SMILES string of the molecule is CCN(Cc1ccco1)c1cnc(C(N)=S)cn1. The van der Waals surface area contributed by atoms with Crippen molar-refractivity contribution < 1.29 is 4.42 Å². The Balaban J connectivity index is 2.14. The van der Waals surface area contributed by atoms with Crippen LogP contribution in [0.2, 0.25) is 0 Å². The second-order valence-corrected chi connectivity index (χ2v) is 4.16. The van der Waals surface area contributed by atoms with Gasteiger partial charge in [0.2, 0.25) is 0 Å². The van der Waals surface area contributed by atoms with Crippen molar-refractivity contribution in [1.29, 1.82) is 0 Å². The molecule has 5 nitrogen and oxygen atoms in total. The Hall–Kier alpha value is -1.95. The minimum atomic E-state index is 0.253. The molecule has 0 aliphatic heterocycles. The topological polar surface area (TPSA) is 68.2 Å². The van der Waals surface area contributed by atoms with Crippen LogP contribution in [0.15, 0.2) is 35.2 Å². The molecule has 2 rings (SSSR count). The third-order valence-corrected chi connectivity index (χ3v) is 2.73. The maximum atomic E-state index is 5.48. The molecular weight excluding hydrogens is 248 g/mol. The normalized spacial score (nSPS) is 10.3. The summed E-state index contributed by atoms with van der Waals surface area (Å²) in [5, 5.41) is 0. The van der Waals surface area contributed by atoms with Crippen LogP contribution in [0.3, 0.4) is 0 Å². The van der Waals surface area contributed by atoms with Gasteiger partial charge < -0.3 is 15.1 Å². The molecule has 94 valence electrons. The smallest absolute Gasteiger partial charge is 0.147 e. The van der Waals surface area contributed by atoms with Crippen molar-refractivity contribution in [2.45, 2.75) is 13.5 Å². The van der Waals surface area contributed by atoms with Crippen LogP contribution in [0.25, 0.3) is 0 Å². The first-order valence-corrected chi connectivity index (χ1v) is 6.00. The zero-order chi connectivity index (χ0) is 13.0. The van der Waals surface area contributed by atoms with Gasteiger partial charge in [0.25, 0.3) is 0 Å². The van der Waals surface area contributed by atoms with Crippen LogP contribution in [-0.4, -0.2) is 21.5 Å². The predicted molar refractivity (Wildman–Crippen MR) is 73.4 cm³/mol. The maximum absolute atomic E-state index is 5.48. The standard InChI is InChI=1S/C12H14N4OS/c1-2-16(8-9-4-3-5-17-9)11-7-14-10(6-15-11)12(13)18/h3-7H,2,8H2,1H3,(H2,13,18). The fourth-order valence-electron chi connectivity index (χ4n) is 1.56. The molecule has 0 atom stereocenters. The summed E-state index contributed by atoms with van der Waals surface area (Å²) < 4.78 is 5.32. The van der Waals surface area contributed by atoms with Gasteiger partial charge in [-0.25, -0.2) is 9.97 Å². The van der Waals surface area contributed by atoms with Gasteiger partial charge in [-0.3, -0.25) is 0 Å². The number of furan rings is 1. The summed E-state index contributed by atoms with van der Waals surface area (Å²) in [4.78, 5) is 10.8. The lowest BCUT2D eigenvalue weighted by Crippen LogP contribution is -2.23. The number of aromatic nitrogens is 2. The highest BCUT2D eigenvalue weighted by Gasteiger charge is 2.09. The first kappa shape index (κ1) is 12.5. The van der Waals surface area contributed by atoms with Gasteiger partial charge in [-0.05, 0) is 19.1 Å². The summed E-state index contributed by atoms with van der Waals surface area (Å²) in [6, 6.07) is 3.80. The second kappa shape index (κ2) is 5.59. The van der Waals surface area contributed by atoms with Gasteiger partial charge in [-0.1, -0.05) is 12.2 Å². The molecule has 2 aromatic rings. The van der Waals surface area contributed by atoms with E-state index < -0.39 is 0 Å². The molecule has 0 spiro atoms. The Morgan fingerprint density at radius 1 is 1.44 bits per heavy atom. The fraction of sp³-hybridized carbons (Fsp3) is 0.250. The van der Waals surface area contributed by atoms with Crippen molar-refractivity contribution in [1.82, 2.24) is 9.97 Å². The van der Waals surface area contributed by atoms with Crippen molar-refractivity contribution in [2.75, 3.05) is 11.4 Å². The fourth-order valence-corrected chi connectivity index (χ4v) is 1.66. The van der Waals surface area contributed by atoms with Crippen LogP contribution >= 0.6 is 12.2 Å². The van der Waals surface area contributed by atoms with E-state index in [1.807, 2.05) is 19.1 Å². The lowest BCUT2D eigenvalue weighted by atomic mass is 10.4. The van der Waals surface area contributed by atoms with Gasteiger partial charge in [0.15, 0.2) is 0 Å². The minimum Gasteiger partial charge on any atom is -0.467 e. The molecule has 0 unspecified atom stereocenters. The van der Waals surface area contributed by atoms with Crippen molar-refractivity contribution in [2.24, 2.45) is 5.73 Å². The van der Waals surface area contributed by atoms with E-state index in [2.05, 4.69) is 14.9 Å². The molecule has 0 fully saturated rings. The minimum absolute atomic E-state index is 0.253. The van der Waals surface area contributed by atoms with E-state index in [9.17, 15) is 0 Å². The van der Waals surface area contributed by atoms with E-state index in [0.717, 1.165) is 18.1 Å². The van der Waals surface area contributed by atoms with Crippen LogP contribution in [-0.2, 0) is 6.54 Å². The van der Waals surface area contributed by atoms with Crippen molar-refractivity contribution in [3.05, 3.63) is 42.2 Å². The molecule has 2 heterocycles.